The van der Waals surface area contributed by atoms with Crippen LogP contribution in [0.3, 0.4) is 0 Å². The van der Waals surface area contributed by atoms with Gasteiger partial charge in [-0.2, -0.15) is 0 Å². The summed E-state index contributed by atoms with van der Waals surface area (Å²) in [5, 5.41) is 3.32. The lowest BCUT2D eigenvalue weighted by atomic mass is 10.1. The molecule has 2 aromatic carbocycles. The Kier molecular flexibility index (Phi) is 9.23. The summed E-state index contributed by atoms with van der Waals surface area (Å²) >= 11 is 0. The fourth-order valence-electron chi connectivity index (χ4n) is 2.28. The molecule has 4 nitrogen and oxygen atoms in total. The first-order valence-electron chi connectivity index (χ1n) is 7.78. The van der Waals surface area contributed by atoms with Crippen LogP contribution in [-0.4, -0.2) is 27.4 Å². The predicted molar refractivity (Wildman–Crippen MR) is 99.3 cm³/mol. The first-order valence-corrected chi connectivity index (χ1v) is 7.78. The van der Waals surface area contributed by atoms with Gasteiger partial charge >= 0.3 is 0 Å². The van der Waals surface area contributed by atoms with E-state index in [1.54, 1.807) is 14.2 Å². The third kappa shape index (κ3) is 6.04. The molecule has 0 radical (unpaired) electrons. The van der Waals surface area contributed by atoms with Gasteiger partial charge in [0.25, 0.3) is 0 Å². The Balaban J connectivity index is 0.00000288. The van der Waals surface area contributed by atoms with Crippen molar-refractivity contribution in [2.24, 2.45) is 0 Å². The summed E-state index contributed by atoms with van der Waals surface area (Å²) in [6, 6.07) is 14.2. The van der Waals surface area contributed by atoms with Crippen LogP contribution >= 0.6 is 12.4 Å². The van der Waals surface area contributed by atoms with E-state index in [4.69, 9.17) is 14.2 Å². The largest absolute Gasteiger partial charge is 0.493 e. The van der Waals surface area contributed by atoms with E-state index in [0.29, 0.717) is 13.2 Å². The molecule has 24 heavy (non-hydrogen) atoms. The van der Waals surface area contributed by atoms with Gasteiger partial charge in [-0.15, -0.1) is 12.4 Å². The Morgan fingerprint density at radius 3 is 2.50 bits per heavy atom. The maximum absolute atomic E-state index is 5.93. The van der Waals surface area contributed by atoms with Gasteiger partial charge in [-0.05, 0) is 35.7 Å². The molecule has 5 heteroatoms. The van der Waals surface area contributed by atoms with Crippen molar-refractivity contribution in [2.45, 2.75) is 20.1 Å². The monoisotopic (exact) mass is 351 g/mol. The highest BCUT2D eigenvalue weighted by molar-refractivity contribution is 5.85. The number of methoxy groups -OCH3 is 2. The van der Waals surface area contributed by atoms with E-state index in [1.165, 1.54) is 11.1 Å². The van der Waals surface area contributed by atoms with Crippen LogP contribution in [0.15, 0.2) is 42.5 Å². The average molecular weight is 352 g/mol. The molecule has 132 valence electrons. The molecule has 2 aromatic rings. The molecule has 0 spiro atoms. The van der Waals surface area contributed by atoms with Gasteiger partial charge in [0.05, 0.1) is 13.7 Å². The van der Waals surface area contributed by atoms with Crippen LogP contribution in [0.2, 0.25) is 0 Å². The minimum Gasteiger partial charge on any atom is -0.493 e. The van der Waals surface area contributed by atoms with Gasteiger partial charge in [-0.3, -0.25) is 0 Å². The molecule has 0 aromatic heterocycles. The van der Waals surface area contributed by atoms with E-state index < -0.39 is 0 Å². The molecular formula is C19H26ClNO3. The molecule has 0 fully saturated rings. The van der Waals surface area contributed by atoms with Gasteiger partial charge in [0.15, 0.2) is 11.5 Å². The highest BCUT2D eigenvalue weighted by Crippen LogP contribution is 2.29. The Bertz CT molecular complexity index is 619. The molecular weight excluding hydrogens is 326 g/mol. The maximum atomic E-state index is 5.93. The minimum absolute atomic E-state index is 0. The number of benzene rings is 2. The number of hydrogen-bond acceptors (Lipinski definition) is 4. The molecule has 0 heterocycles. The predicted octanol–water partition coefficient (Wildman–Crippen LogP) is 3.74. The second-order valence-corrected chi connectivity index (χ2v) is 5.37. The molecule has 0 saturated carbocycles. The van der Waals surface area contributed by atoms with Crippen molar-refractivity contribution < 1.29 is 14.2 Å². The SMILES string of the molecule is COCCNCc1ccc(OCc2ccccc2C)c(OC)c1.Cl. The summed E-state index contributed by atoms with van der Waals surface area (Å²) in [6.07, 6.45) is 0. The van der Waals surface area contributed by atoms with Crippen molar-refractivity contribution in [3.05, 3.63) is 59.2 Å². The zero-order chi connectivity index (χ0) is 16.5. The summed E-state index contributed by atoms with van der Waals surface area (Å²) in [5.74, 6) is 1.51. The fourth-order valence-corrected chi connectivity index (χ4v) is 2.28. The number of halogens is 1. The van der Waals surface area contributed by atoms with Crippen molar-refractivity contribution in [3.63, 3.8) is 0 Å². The Morgan fingerprint density at radius 1 is 1.00 bits per heavy atom. The lowest BCUT2D eigenvalue weighted by molar-refractivity contribution is 0.199. The number of ether oxygens (including phenoxy) is 3. The molecule has 1 N–H and O–H groups in total. The number of nitrogens with one attached hydrogen (secondary N) is 1. The Hall–Kier alpha value is -1.75. The van der Waals surface area contributed by atoms with E-state index in [1.807, 2.05) is 24.3 Å². The van der Waals surface area contributed by atoms with Crippen LogP contribution in [0, 0.1) is 6.92 Å². The summed E-state index contributed by atoms with van der Waals surface area (Å²) in [4.78, 5) is 0. The van der Waals surface area contributed by atoms with Crippen molar-refractivity contribution in [1.82, 2.24) is 5.32 Å². The van der Waals surface area contributed by atoms with Crippen LogP contribution in [0.25, 0.3) is 0 Å². The summed E-state index contributed by atoms with van der Waals surface area (Å²) in [7, 11) is 3.36. The molecule has 0 amide bonds. The van der Waals surface area contributed by atoms with Gasteiger partial charge in [-0.1, -0.05) is 30.3 Å². The first kappa shape index (κ1) is 20.3. The second-order valence-electron chi connectivity index (χ2n) is 5.37. The summed E-state index contributed by atoms with van der Waals surface area (Å²) in [5.41, 5.74) is 3.56. The molecule has 0 aliphatic rings. The van der Waals surface area contributed by atoms with E-state index in [-0.39, 0.29) is 12.4 Å². The Labute approximate surface area is 150 Å². The zero-order valence-corrected chi connectivity index (χ0v) is 15.3. The molecule has 0 bridgehead atoms. The smallest absolute Gasteiger partial charge is 0.161 e. The van der Waals surface area contributed by atoms with Crippen molar-refractivity contribution in [1.29, 1.82) is 0 Å². The van der Waals surface area contributed by atoms with Gasteiger partial charge in [0.1, 0.15) is 6.61 Å². The summed E-state index contributed by atoms with van der Waals surface area (Å²) < 4.78 is 16.4. The number of rotatable bonds is 9. The maximum Gasteiger partial charge on any atom is 0.161 e. The number of hydrogen-bond donors (Lipinski definition) is 1. The van der Waals surface area contributed by atoms with Crippen molar-refractivity contribution in [3.8, 4) is 11.5 Å². The van der Waals surface area contributed by atoms with Crippen LogP contribution in [-0.2, 0) is 17.9 Å². The quantitative estimate of drug-likeness (QED) is 0.699. The van der Waals surface area contributed by atoms with Crippen LogP contribution in [0.1, 0.15) is 16.7 Å². The highest BCUT2D eigenvalue weighted by atomic mass is 35.5. The molecule has 0 atom stereocenters. The van der Waals surface area contributed by atoms with E-state index in [2.05, 4.69) is 30.4 Å². The average Bonchev–Trinajstić information content (AvgIpc) is 2.58. The molecule has 0 aliphatic heterocycles. The van der Waals surface area contributed by atoms with Crippen LogP contribution in [0.5, 0.6) is 11.5 Å². The lowest BCUT2D eigenvalue weighted by Gasteiger charge is -2.13. The van der Waals surface area contributed by atoms with Crippen molar-refractivity contribution >= 4 is 12.4 Å². The number of aryl methyl sites for hydroxylation is 1. The second kappa shape index (κ2) is 10.9. The van der Waals surface area contributed by atoms with E-state index in [0.717, 1.165) is 30.2 Å². The first-order chi connectivity index (χ1) is 11.2. The van der Waals surface area contributed by atoms with Crippen LogP contribution < -0.4 is 14.8 Å². The molecule has 0 unspecified atom stereocenters. The van der Waals surface area contributed by atoms with Crippen LogP contribution in [0.4, 0.5) is 0 Å². The molecule has 0 saturated heterocycles. The summed E-state index contributed by atoms with van der Waals surface area (Å²) in [6.45, 7) is 4.93. The Morgan fingerprint density at radius 2 is 1.79 bits per heavy atom. The van der Waals surface area contributed by atoms with E-state index in [9.17, 15) is 0 Å². The van der Waals surface area contributed by atoms with Gasteiger partial charge < -0.3 is 19.5 Å². The standard InChI is InChI=1S/C19H25NO3.ClH/c1-15-6-4-5-7-17(15)14-23-18-9-8-16(12-19(18)22-3)13-20-10-11-21-2;/h4-9,12,20H,10-11,13-14H2,1-3H3;1H. The fraction of sp³-hybridized carbons (Fsp3) is 0.368. The zero-order valence-electron chi connectivity index (χ0n) is 14.5. The van der Waals surface area contributed by atoms with Gasteiger partial charge in [0, 0.05) is 20.2 Å². The van der Waals surface area contributed by atoms with Gasteiger partial charge in [-0.25, -0.2) is 0 Å². The molecule has 0 aliphatic carbocycles. The molecule has 2 rings (SSSR count). The minimum atomic E-state index is 0. The van der Waals surface area contributed by atoms with E-state index >= 15 is 0 Å². The normalized spacial score (nSPS) is 10.1. The lowest BCUT2D eigenvalue weighted by Crippen LogP contribution is -2.18. The third-order valence-corrected chi connectivity index (χ3v) is 3.68. The topological polar surface area (TPSA) is 39.7 Å². The van der Waals surface area contributed by atoms with Crippen molar-refractivity contribution in [2.75, 3.05) is 27.4 Å². The third-order valence-electron chi connectivity index (χ3n) is 3.68. The highest BCUT2D eigenvalue weighted by Gasteiger charge is 2.07. The van der Waals surface area contributed by atoms with Gasteiger partial charge in [0.2, 0.25) is 0 Å².